The van der Waals surface area contributed by atoms with Gasteiger partial charge in [-0.1, -0.05) is 12.1 Å². The highest BCUT2D eigenvalue weighted by Gasteiger charge is 2.30. The molecule has 1 aromatic carbocycles. The molecule has 1 atom stereocenters. The number of alkyl halides is 3. The van der Waals surface area contributed by atoms with E-state index in [2.05, 4.69) is 0 Å². The van der Waals surface area contributed by atoms with Crippen molar-refractivity contribution in [2.45, 2.75) is 18.4 Å². The summed E-state index contributed by atoms with van der Waals surface area (Å²) in [7, 11) is 0.944. The van der Waals surface area contributed by atoms with Crippen LogP contribution in [0.4, 0.5) is 13.2 Å². The summed E-state index contributed by atoms with van der Waals surface area (Å²) in [6, 6.07) is 4.20. The van der Waals surface area contributed by atoms with Gasteiger partial charge in [-0.25, -0.2) is 5.26 Å². The average molecular weight is 254 g/mol. The first-order valence-electron chi connectivity index (χ1n) is 4.96. The van der Waals surface area contributed by atoms with Crippen LogP contribution in [-0.2, 0) is 17.4 Å². The van der Waals surface area contributed by atoms with Crippen molar-refractivity contribution in [3.05, 3.63) is 35.4 Å². The van der Waals surface area contributed by atoms with Gasteiger partial charge in [0.1, 0.15) is 0 Å². The van der Waals surface area contributed by atoms with Crippen LogP contribution >= 0.6 is 0 Å². The number of hydrogen-bond donors (Lipinski definition) is 1. The molecule has 0 aliphatic carbocycles. The summed E-state index contributed by atoms with van der Waals surface area (Å²) in [5.41, 5.74) is -0.357. The minimum atomic E-state index is -4.41. The van der Waals surface area contributed by atoms with Gasteiger partial charge in [-0.3, -0.25) is 4.79 Å². The van der Waals surface area contributed by atoms with Crippen molar-refractivity contribution in [3.8, 4) is 5.97 Å². The Bertz CT molecular complexity index is 465. The van der Waals surface area contributed by atoms with Gasteiger partial charge in [0.2, 0.25) is 0 Å². The molecule has 0 saturated carbocycles. The maximum absolute atomic E-state index is 12.3. The molecule has 0 aliphatic heterocycles. The summed E-state index contributed by atoms with van der Waals surface area (Å²) in [6.07, 6.45) is -4.43. The Morgan fingerprint density at radius 3 is 2.33 bits per heavy atom. The molecule has 0 heterocycles. The Morgan fingerprint density at radius 2 is 1.94 bits per heavy atom. The smallest absolute Gasteiger partial charge is 0.416 e. The molecule has 0 aliphatic rings. The van der Waals surface area contributed by atoms with Gasteiger partial charge in [0, 0.05) is 5.82 Å². The molecule has 18 heavy (non-hydrogen) atoms. The van der Waals surface area contributed by atoms with E-state index in [1.54, 1.807) is 5.97 Å². The van der Waals surface area contributed by atoms with E-state index < -0.39 is 23.5 Å². The number of carboxylic acid groups (broad SMARTS) is 1. The molecule has 0 aromatic heterocycles. The SMILES string of the molecule is N#C[B]C(Cc1ccc(C(F)(F)F)cc1)C(=O)O. The van der Waals surface area contributed by atoms with Crippen molar-refractivity contribution in [2.24, 2.45) is 0 Å². The van der Waals surface area contributed by atoms with Crippen LogP contribution in [0, 0.1) is 11.2 Å². The van der Waals surface area contributed by atoms with Crippen LogP contribution in [0.15, 0.2) is 24.3 Å². The molecule has 0 fully saturated rings. The van der Waals surface area contributed by atoms with Crippen LogP contribution in [0.2, 0.25) is 5.82 Å². The summed E-state index contributed by atoms with van der Waals surface area (Å²) >= 11 is 0. The number of hydrogen-bond acceptors (Lipinski definition) is 2. The molecule has 0 amide bonds. The molecule has 1 N–H and O–H groups in total. The summed E-state index contributed by atoms with van der Waals surface area (Å²) < 4.78 is 36.9. The van der Waals surface area contributed by atoms with E-state index in [1.165, 1.54) is 12.1 Å². The van der Waals surface area contributed by atoms with Gasteiger partial charge in [0.05, 0.1) is 5.56 Å². The van der Waals surface area contributed by atoms with Crippen molar-refractivity contribution >= 4 is 13.2 Å². The number of carboxylic acids is 1. The predicted octanol–water partition coefficient (Wildman–Crippen LogP) is 2.31. The Kier molecular flexibility index (Phi) is 4.37. The van der Waals surface area contributed by atoms with Crippen LogP contribution in [0.3, 0.4) is 0 Å². The van der Waals surface area contributed by atoms with Gasteiger partial charge < -0.3 is 5.11 Å². The molecule has 0 spiro atoms. The molecular formula is C11H8BF3NO2. The Labute approximate surface area is 102 Å². The van der Waals surface area contributed by atoms with Crippen LogP contribution in [0.5, 0.6) is 0 Å². The maximum Gasteiger partial charge on any atom is 0.416 e. The highest BCUT2D eigenvalue weighted by molar-refractivity contribution is 6.51. The minimum absolute atomic E-state index is 0.0129. The zero-order valence-corrected chi connectivity index (χ0v) is 9.11. The number of benzene rings is 1. The normalized spacial score (nSPS) is 12.6. The quantitative estimate of drug-likeness (QED) is 0.838. The largest absolute Gasteiger partial charge is 0.482 e. The van der Waals surface area contributed by atoms with Gasteiger partial charge in [0.25, 0.3) is 13.2 Å². The second-order valence-corrected chi connectivity index (χ2v) is 3.64. The Morgan fingerprint density at radius 1 is 1.39 bits per heavy atom. The number of aliphatic carboxylic acids is 1. The Hall–Kier alpha value is -1.97. The summed E-state index contributed by atoms with van der Waals surface area (Å²) in [5.74, 6) is -0.586. The fraction of sp³-hybridized carbons (Fsp3) is 0.273. The lowest BCUT2D eigenvalue weighted by Gasteiger charge is -2.10. The molecule has 93 valence electrons. The highest BCUT2D eigenvalue weighted by Crippen LogP contribution is 2.29. The van der Waals surface area contributed by atoms with E-state index >= 15 is 0 Å². The standard InChI is InChI=1S/C11H8BF3NO2/c13-11(14,15)8-3-1-7(2-4-8)5-9(10(17)18)12-6-16/h1-4,9H,5H2,(H,17,18). The zero-order chi connectivity index (χ0) is 13.8. The third-order valence-electron chi connectivity index (χ3n) is 2.33. The first kappa shape index (κ1) is 14.1. The van der Waals surface area contributed by atoms with E-state index in [0.717, 1.165) is 19.4 Å². The van der Waals surface area contributed by atoms with Gasteiger partial charge in [-0.05, 0) is 30.1 Å². The second kappa shape index (κ2) is 5.58. The molecule has 7 heteroatoms. The summed E-state index contributed by atoms with van der Waals surface area (Å²) in [5, 5.41) is 17.2. The van der Waals surface area contributed by atoms with Crippen molar-refractivity contribution < 1.29 is 23.1 Å². The number of halogens is 3. The lowest BCUT2D eigenvalue weighted by molar-refractivity contribution is -0.138. The molecule has 1 aromatic rings. The topological polar surface area (TPSA) is 61.1 Å². The van der Waals surface area contributed by atoms with Crippen LogP contribution in [0.25, 0.3) is 0 Å². The molecule has 3 nitrogen and oxygen atoms in total. The third kappa shape index (κ3) is 3.80. The highest BCUT2D eigenvalue weighted by atomic mass is 19.4. The number of nitrogens with zero attached hydrogens (tertiary/aromatic N) is 1. The third-order valence-corrected chi connectivity index (χ3v) is 2.33. The van der Waals surface area contributed by atoms with E-state index in [-0.39, 0.29) is 6.42 Å². The van der Waals surface area contributed by atoms with Crippen LogP contribution in [-0.4, -0.2) is 18.4 Å². The van der Waals surface area contributed by atoms with Gasteiger partial charge >= 0.3 is 6.18 Å². The molecule has 1 rings (SSSR count). The fourth-order valence-corrected chi connectivity index (χ4v) is 1.39. The first-order valence-corrected chi connectivity index (χ1v) is 4.96. The van der Waals surface area contributed by atoms with E-state index in [0.29, 0.717) is 5.56 Å². The molecule has 0 bridgehead atoms. The molecule has 1 unspecified atom stereocenters. The fourth-order valence-electron chi connectivity index (χ4n) is 1.39. The molecule has 1 radical (unpaired) electrons. The number of nitriles is 1. The number of carbonyl (C=O) groups is 1. The van der Waals surface area contributed by atoms with Gasteiger partial charge in [-0.15, -0.1) is 0 Å². The average Bonchev–Trinajstić information content (AvgIpc) is 2.28. The molecule has 0 saturated heterocycles. The lowest BCUT2D eigenvalue weighted by atomic mass is 9.64. The molecular weight excluding hydrogens is 246 g/mol. The Balaban J connectivity index is 2.80. The predicted molar refractivity (Wildman–Crippen MR) is 57.9 cm³/mol. The van der Waals surface area contributed by atoms with E-state index in [4.69, 9.17) is 10.4 Å². The van der Waals surface area contributed by atoms with Crippen molar-refractivity contribution in [3.63, 3.8) is 0 Å². The minimum Gasteiger partial charge on any atom is -0.482 e. The second-order valence-electron chi connectivity index (χ2n) is 3.64. The summed E-state index contributed by atoms with van der Waals surface area (Å²) in [4.78, 5) is 10.8. The van der Waals surface area contributed by atoms with E-state index in [1.807, 2.05) is 0 Å². The number of rotatable bonds is 4. The van der Waals surface area contributed by atoms with Crippen molar-refractivity contribution in [2.75, 3.05) is 0 Å². The van der Waals surface area contributed by atoms with Crippen LogP contribution < -0.4 is 0 Å². The van der Waals surface area contributed by atoms with Gasteiger partial charge in [0.15, 0.2) is 0 Å². The first-order chi connectivity index (χ1) is 8.34. The van der Waals surface area contributed by atoms with E-state index in [9.17, 15) is 18.0 Å². The monoisotopic (exact) mass is 254 g/mol. The summed E-state index contributed by atoms with van der Waals surface area (Å²) in [6.45, 7) is 0. The van der Waals surface area contributed by atoms with Crippen molar-refractivity contribution in [1.82, 2.24) is 0 Å². The van der Waals surface area contributed by atoms with Gasteiger partial charge in [-0.2, -0.15) is 13.2 Å². The van der Waals surface area contributed by atoms with Crippen LogP contribution in [0.1, 0.15) is 11.1 Å². The maximum atomic E-state index is 12.3. The lowest BCUT2D eigenvalue weighted by Crippen LogP contribution is -2.16. The van der Waals surface area contributed by atoms with Crippen molar-refractivity contribution in [1.29, 1.82) is 5.26 Å². The zero-order valence-electron chi connectivity index (χ0n) is 9.11.